The van der Waals surface area contributed by atoms with Gasteiger partial charge >= 0.3 is 0 Å². The fraction of sp³-hybridized carbons (Fsp3) is 0.312. The average molecular weight is 339 g/mol. The van der Waals surface area contributed by atoms with Crippen LogP contribution in [0.5, 0.6) is 11.5 Å². The molecule has 1 aromatic heterocycles. The first kappa shape index (κ1) is 17.2. The molecule has 0 radical (unpaired) electrons. The lowest BCUT2D eigenvalue weighted by Crippen LogP contribution is -2.34. The summed E-state index contributed by atoms with van der Waals surface area (Å²) in [7, 11) is 3.93. The number of benzene rings is 1. The van der Waals surface area contributed by atoms with Crippen molar-refractivity contribution in [3.63, 3.8) is 0 Å². The summed E-state index contributed by atoms with van der Waals surface area (Å²) < 4.78 is 15.8. The molecule has 0 saturated carbocycles. The van der Waals surface area contributed by atoms with Crippen molar-refractivity contribution >= 4 is 18.3 Å². The second-order valence-electron chi connectivity index (χ2n) is 5.28. The van der Waals surface area contributed by atoms with Crippen LogP contribution in [-0.4, -0.2) is 38.2 Å². The van der Waals surface area contributed by atoms with Crippen LogP contribution in [0.15, 0.2) is 41.0 Å². The standard InChI is InChI=1S/C16H18N2O4.ClH/c1-18(2)12(9-17-16(19)14-4-3-7-20-14)11-5-6-13-15(8-11)22-10-21-13;/h3-8,12H,9-10H2,1-2H3,(H,17,19);1H. The van der Waals surface area contributed by atoms with Gasteiger partial charge in [0.1, 0.15) is 0 Å². The molecule has 2 heterocycles. The number of hydrogen-bond donors (Lipinski definition) is 1. The van der Waals surface area contributed by atoms with Gasteiger partial charge in [-0.25, -0.2) is 0 Å². The maximum atomic E-state index is 12.0. The molecule has 0 bridgehead atoms. The molecule has 2 aromatic rings. The SMILES string of the molecule is CN(C)C(CNC(=O)c1ccco1)c1ccc2c(c1)OCO2.Cl. The predicted molar refractivity (Wildman–Crippen MR) is 87.3 cm³/mol. The van der Waals surface area contributed by atoms with E-state index in [9.17, 15) is 4.79 Å². The Bertz CT molecular complexity index is 658. The van der Waals surface area contributed by atoms with E-state index in [1.807, 2.05) is 37.2 Å². The molecule has 1 aliphatic rings. The van der Waals surface area contributed by atoms with Gasteiger partial charge in [0.05, 0.1) is 12.3 Å². The molecule has 1 aliphatic heterocycles. The molecule has 1 atom stereocenters. The van der Waals surface area contributed by atoms with Crippen molar-refractivity contribution in [2.24, 2.45) is 0 Å². The number of furan rings is 1. The van der Waals surface area contributed by atoms with Crippen LogP contribution >= 0.6 is 12.4 Å². The molecular weight excluding hydrogens is 320 g/mol. The minimum absolute atomic E-state index is 0. The van der Waals surface area contributed by atoms with Gasteiger partial charge in [-0.05, 0) is 43.9 Å². The fourth-order valence-corrected chi connectivity index (χ4v) is 2.40. The minimum Gasteiger partial charge on any atom is -0.459 e. The zero-order valence-electron chi connectivity index (χ0n) is 12.9. The van der Waals surface area contributed by atoms with Crippen molar-refractivity contribution in [3.8, 4) is 11.5 Å². The van der Waals surface area contributed by atoms with E-state index in [0.29, 0.717) is 12.3 Å². The van der Waals surface area contributed by atoms with Gasteiger partial charge in [0.2, 0.25) is 6.79 Å². The molecule has 1 unspecified atom stereocenters. The molecule has 7 heteroatoms. The topological polar surface area (TPSA) is 63.9 Å². The summed E-state index contributed by atoms with van der Waals surface area (Å²) >= 11 is 0. The van der Waals surface area contributed by atoms with Gasteiger partial charge in [0.15, 0.2) is 17.3 Å². The largest absolute Gasteiger partial charge is 0.459 e. The van der Waals surface area contributed by atoms with Crippen molar-refractivity contribution in [2.75, 3.05) is 27.4 Å². The van der Waals surface area contributed by atoms with Crippen LogP contribution < -0.4 is 14.8 Å². The molecule has 3 rings (SSSR count). The molecule has 0 fully saturated rings. The first-order valence-electron chi connectivity index (χ1n) is 7.03. The number of halogens is 1. The van der Waals surface area contributed by atoms with Gasteiger partial charge in [0.25, 0.3) is 5.91 Å². The van der Waals surface area contributed by atoms with Crippen LogP contribution in [0.25, 0.3) is 0 Å². The van der Waals surface area contributed by atoms with E-state index < -0.39 is 0 Å². The van der Waals surface area contributed by atoms with Gasteiger partial charge in [0, 0.05) is 6.54 Å². The Kier molecular flexibility index (Phi) is 5.52. The van der Waals surface area contributed by atoms with Crippen molar-refractivity contribution < 1.29 is 18.7 Å². The van der Waals surface area contributed by atoms with Gasteiger partial charge in [-0.1, -0.05) is 6.07 Å². The molecule has 6 nitrogen and oxygen atoms in total. The van der Waals surface area contributed by atoms with Crippen LogP contribution in [0.4, 0.5) is 0 Å². The van der Waals surface area contributed by atoms with Crippen molar-refractivity contribution in [2.45, 2.75) is 6.04 Å². The van der Waals surface area contributed by atoms with Gasteiger partial charge in [-0.3, -0.25) is 4.79 Å². The summed E-state index contributed by atoms with van der Waals surface area (Å²) in [5.41, 5.74) is 1.05. The van der Waals surface area contributed by atoms with Crippen molar-refractivity contribution in [1.29, 1.82) is 0 Å². The first-order valence-corrected chi connectivity index (χ1v) is 7.03. The number of nitrogens with one attached hydrogen (secondary N) is 1. The average Bonchev–Trinajstić information content (AvgIpc) is 3.17. The number of carbonyl (C=O) groups is 1. The van der Waals surface area contributed by atoms with Crippen molar-refractivity contribution in [3.05, 3.63) is 47.9 Å². The van der Waals surface area contributed by atoms with Crippen LogP contribution in [0.1, 0.15) is 22.2 Å². The number of fused-ring (bicyclic) bond motifs is 1. The van der Waals surface area contributed by atoms with Crippen molar-refractivity contribution in [1.82, 2.24) is 10.2 Å². The normalized spacial score (nSPS) is 13.5. The number of nitrogens with zero attached hydrogens (tertiary/aromatic N) is 1. The van der Waals surface area contributed by atoms with E-state index in [4.69, 9.17) is 13.9 Å². The molecule has 0 spiro atoms. The van der Waals surface area contributed by atoms with Crippen LogP contribution in [0, 0.1) is 0 Å². The summed E-state index contributed by atoms with van der Waals surface area (Å²) in [5, 5.41) is 2.89. The second kappa shape index (κ2) is 7.39. The Labute approximate surface area is 140 Å². The molecule has 0 saturated heterocycles. The molecule has 124 valence electrons. The molecular formula is C16H19ClN2O4. The lowest BCUT2D eigenvalue weighted by Gasteiger charge is -2.25. The van der Waals surface area contributed by atoms with Gasteiger partial charge < -0.3 is 24.1 Å². The summed E-state index contributed by atoms with van der Waals surface area (Å²) in [6, 6.07) is 9.18. The lowest BCUT2D eigenvalue weighted by molar-refractivity contribution is 0.0914. The maximum absolute atomic E-state index is 12.0. The highest BCUT2D eigenvalue weighted by atomic mass is 35.5. The zero-order valence-corrected chi connectivity index (χ0v) is 13.8. The Balaban J connectivity index is 0.00000192. The number of ether oxygens (including phenoxy) is 2. The molecule has 1 N–H and O–H groups in total. The van der Waals surface area contributed by atoms with Crippen LogP contribution in [0.3, 0.4) is 0 Å². The number of likely N-dealkylation sites (N-methyl/N-ethyl adjacent to an activating group) is 1. The summed E-state index contributed by atoms with van der Waals surface area (Å²) in [5.74, 6) is 1.57. The number of amides is 1. The third-order valence-electron chi connectivity index (χ3n) is 3.61. The number of hydrogen-bond acceptors (Lipinski definition) is 5. The van der Waals surface area contributed by atoms with Crippen LogP contribution in [-0.2, 0) is 0 Å². The summed E-state index contributed by atoms with van der Waals surface area (Å²) in [4.78, 5) is 14.0. The maximum Gasteiger partial charge on any atom is 0.287 e. The Morgan fingerprint density at radius 3 is 2.74 bits per heavy atom. The summed E-state index contributed by atoms with van der Waals surface area (Å²) in [6.07, 6.45) is 1.48. The third kappa shape index (κ3) is 3.78. The van der Waals surface area contributed by atoms with Crippen LogP contribution in [0.2, 0.25) is 0 Å². The second-order valence-corrected chi connectivity index (χ2v) is 5.28. The Hall–Kier alpha value is -2.18. The van der Waals surface area contributed by atoms with E-state index in [1.165, 1.54) is 6.26 Å². The highest BCUT2D eigenvalue weighted by Gasteiger charge is 2.20. The predicted octanol–water partition coefficient (Wildman–Crippen LogP) is 2.46. The number of carbonyl (C=O) groups excluding carboxylic acids is 1. The minimum atomic E-state index is -0.224. The van der Waals surface area contributed by atoms with Gasteiger partial charge in [-0.15, -0.1) is 12.4 Å². The Morgan fingerprint density at radius 1 is 1.26 bits per heavy atom. The molecule has 0 aliphatic carbocycles. The lowest BCUT2D eigenvalue weighted by atomic mass is 10.1. The quantitative estimate of drug-likeness (QED) is 0.907. The summed E-state index contributed by atoms with van der Waals surface area (Å²) in [6.45, 7) is 0.715. The third-order valence-corrected chi connectivity index (χ3v) is 3.61. The smallest absolute Gasteiger partial charge is 0.287 e. The Morgan fingerprint density at radius 2 is 2.04 bits per heavy atom. The van der Waals surface area contributed by atoms with E-state index in [-0.39, 0.29) is 31.1 Å². The highest BCUT2D eigenvalue weighted by Crippen LogP contribution is 2.34. The molecule has 1 amide bonds. The van der Waals surface area contributed by atoms with Gasteiger partial charge in [-0.2, -0.15) is 0 Å². The van der Waals surface area contributed by atoms with E-state index >= 15 is 0 Å². The monoisotopic (exact) mass is 338 g/mol. The van der Waals surface area contributed by atoms with E-state index in [0.717, 1.165) is 17.1 Å². The number of rotatable bonds is 5. The molecule has 1 aromatic carbocycles. The van der Waals surface area contributed by atoms with E-state index in [1.54, 1.807) is 12.1 Å². The van der Waals surface area contributed by atoms with E-state index in [2.05, 4.69) is 5.32 Å². The molecule has 23 heavy (non-hydrogen) atoms. The highest BCUT2D eigenvalue weighted by molar-refractivity contribution is 5.91. The zero-order chi connectivity index (χ0) is 15.5. The first-order chi connectivity index (χ1) is 10.6. The fourth-order valence-electron chi connectivity index (χ4n) is 2.40.